The smallest absolute Gasteiger partial charge is 0.224 e. The van der Waals surface area contributed by atoms with Crippen molar-refractivity contribution >= 4 is 11.8 Å². The van der Waals surface area contributed by atoms with Gasteiger partial charge >= 0.3 is 0 Å². The lowest BCUT2D eigenvalue weighted by atomic mass is 9.68. The molecule has 1 spiro atoms. The number of amides is 2. The number of primary amides is 2. The van der Waals surface area contributed by atoms with Crippen molar-refractivity contribution in [1.82, 2.24) is 0 Å². The second-order valence-corrected chi connectivity index (χ2v) is 9.21. The van der Waals surface area contributed by atoms with Crippen molar-refractivity contribution < 1.29 is 44.2 Å². The van der Waals surface area contributed by atoms with Crippen LogP contribution in [0.4, 0.5) is 0 Å². The number of hydrogen-bond donors (Lipinski definition) is 6. The molecule has 0 aromatic heterocycles. The Hall–Kier alpha value is -1.34. The van der Waals surface area contributed by atoms with E-state index < -0.39 is 76.8 Å². The molecule has 4 fully saturated rings. The molecule has 3 aliphatic heterocycles. The fraction of sp³-hybridized carbons (Fsp3) is 0.889. The van der Waals surface area contributed by atoms with Gasteiger partial charge in [0, 0.05) is 17.8 Å². The zero-order valence-electron chi connectivity index (χ0n) is 16.4. The van der Waals surface area contributed by atoms with E-state index in [0.29, 0.717) is 0 Å². The van der Waals surface area contributed by atoms with Gasteiger partial charge in [-0.05, 0) is 6.42 Å². The van der Waals surface area contributed by atoms with E-state index in [1.807, 2.05) is 0 Å². The quantitative estimate of drug-likeness (QED) is 0.282. The topological polar surface area (TPSA) is 195 Å². The highest BCUT2D eigenvalue weighted by molar-refractivity contribution is 5.77. The van der Waals surface area contributed by atoms with Crippen LogP contribution in [-0.4, -0.2) is 74.0 Å². The van der Waals surface area contributed by atoms with E-state index in [1.165, 1.54) is 13.8 Å². The van der Waals surface area contributed by atoms with Gasteiger partial charge < -0.3 is 46.1 Å². The van der Waals surface area contributed by atoms with Gasteiger partial charge in [0.2, 0.25) is 23.9 Å². The zero-order valence-corrected chi connectivity index (χ0v) is 16.4. The van der Waals surface area contributed by atoms with E-state index in [-0.39, 0.29) is 12.8 Å². The molecule has 0 radical (unpaired) electrons. The molecule has 0 aromatic carbocycles. The Bertz CT molecular complexity index is 766. The average Bonchev–Trinajstić information content (AvgIpc) is 3.09. The van der Waals surface area contributed by atoms with E-state index in [1.54, 1.807) is 6.92 Å². The van der Waals surface area contributed by atoms with Crippen LogP contribution in [0.3, 0.4) is 0 Å². The number of rotatable bonds is 4. The first-order chi connectivity index (χ1) is 13.3. The monoisotopic (exact) mass is 416 g/mol. The summed E-state index contributed by atoms with van der Waals surface area (Å²) in [5.41, 5.74) is 6.08. The molecule has 8 N–H and O–H groups in total. The molecule has 2 amide bonds. The Morgan fingerprint density at radius 1 is 0.966 bits per heavy atom. The molecule has 1 saturated carbocycles. The molecule has 3 saturated heterocycles. The maximum atomic E-state index is 11.6. The normalized spacial score (nSPS) is 55.2. The van der Waals surface area contributed by atoms with Gasteiger partial charge in [-0.1, -0.05) is 20.8 Å². The van der Waals surface area contributed by atoms with Crippen molar-refractivity contribution in [2.75, 3.05) is 0 Å². The highest BCUT2D eigenvalue weighted by Crippen LogP contribution is 2.80. The van der Waals surface area contributed by atoms with Gasteiger partial charge in [0.15, 0.2) is 11.9 Å². The number of aliphatic hydroxyl groups excluding tert-OH is 2. The van der Waals surface area contributed by atoms with E-state index in [4.69, 9.17) is 25.7 Å². The molecule has 4 aliphatic rings. The van der Waals surface area contributed by atoms with Gasteiger partial charge in [0.1, 0.15) is 5.60 Å². The first-order valence-corrected chi connectivity index (χ1v) is 9.67. The summed E-state index contributed by atoms with van der Waals surface area (Å²) in [7, 11) is 0. The summed E-state index contributed by atoms with van der Waals surface area (Å²) in [6.45, 7) is 4.66. The molecule has 0 bridgehead atoms. The van der Waals surface area contributed by atoms with Crippen molar-refractivity contribution in [3.05, 3.63) is 0 Å². The Balaban J connectivity index is 1.72. The van der Waals surface area contributed by atoms with Crippen LogP contribution in [0.1, 0.15) is 33.6 Å². The van der Waals surface area contributed by atoms with Crippen LogP contribution < -0.4 is 11.5 Å². The van der Waals surface area contributed by atoms with Crippen LogP contribution in [0.25, 0.3) is 0 Å². The molecule has 11 nitrogen and oxygen atoms in total. The fourth-order valence-corrected chi connectivity index (χ4v) is 5.82. The summed E-state index contributed by atoms with van der Waals surface area (Å²) in [5.74, 6) is -5.91. The van der Waals surface area contributed by atoms with Crippen LogP contribution in [-0.2, 0) is 23.8 Å². The van der Waals surface area contributed by atoms with Gasteiger partial charge in [-0.15, -0.1) is 0 Å². The molecule has 0 aromatic rings. The number of aliphatic hydroxyl groups is 4. The van der Waals surface area contributed by atoms with E-state index in [0.717, 1.165) is 0 Å². The lowest BCUT2D eigenvalue weighted by Gasteiger charge is -2.52. The Morgan fingerprint density at radius 3 is 1.97 bits per heavy atom. The van der Waals surface area contributed by atoms with Crippen LogP contribution in [0.15, 0.2) is 0 Å². The molecule has 11 atom stereocenters. The third-order valence-electron chi connectivity index (χ3n) is 7.76. The predicted molar refractivity (Wildman–Crippen MR) is 93.0 cm³/mol. The van der Waals surface area contributed by atoms with Crippen molar-refractivity contribution in [3.8, 4) is 0 Å². The van der Waals surface area contributed by atoms with Crippen molar-refractivity contribution in [3.63, 3.8) is 0 Å². The number of carbonyl (C=O) groups excluding carboxylic acids is 2. The number of hydrogen-bond acceptors (Lipinski definition) is 9. The fourth-order valence-electron chi connectivity index (χ4n) is 5.82. The van der Waals surface area contributed by atoms with Crippen LogP contribution >= 0.6 is 0 Å². The summed E-state index contributed by atoms with van der Waals surface area (Å²) in [4.78, 5) is 23.2. The second-order valence-electron chi connectivity index (χ2n) is 9.21. The molecule has 3 heterocycles. The van der Waals surface area contributed by atoms with Gasteiger partial charge in [-0.3, -0.25) is 9.59 Å². The molecule has 6 unspecified atom stereocenters. The SMILES string of the molecule is CC(C(N)=O)C1C[C@@]2(C)C3C4(O)[C@@H](O)OC([C@@H](C)C(N)=O)C[C@@]34OC2(O)[C@H](O)O1. The molecular weight excluding hydrogens is 388 g/mol. The van der Waals surface area contributed by atoms with Gasteiger partial charge in [0.05, 0.1) is 24.0 Å². The molecule has 11 heteroatoms. The van der Waals surface area contributed by atoms with Crippen LogP contribution in [0.2, 0.25) is 0 Å². The predicted octanol–water partition coefficient (Wildman–Crippen LogP) is -2.73. The standard InChI is InChI=1S/C18H28N2O9/c1-6(10(19)21)8-4-15(3)12-16(29-18(15,26)14(24)28-8)5-9(7(2)11(20)22)27-13(23)17(12,16)25/h6-9,12-14,23-26H,4-5H2,1-3H3,(H2,19,21)(H2,20,22)/t6?,7-,8?,9?,12?,13+,14-,15+,16-,17?,18?/m1/s1. The summed E-state index contributed by atoms with van der Waals surface area (Å²) >= 11 is 0. The first-order valence-electron chi connectivity index (χ1n) is 9.67. The molecular formula is C18H28N2O9. The number of ether oxygens (including phenoxy) is 3. The van der Waals surface area contributed by atoms with Crippen molar-refractivity contribution in [1.29, 1.82) is 0 Å². The molecule has 29 heavy (non-hydrogen) atoms. The zero-order chi connectivity index (χ0) is 21.7. The molecule has 1 aliphatic carbocycles. The average molecular weight is 416 g/mol. The highest BCUT2D eigenvalue weighted by Gasteiger charge is 2.96. The minimum Gasteiger partial charge on any atom is -0.381 e. The summed E-state index contributed by atoms with van der Waals surface area (Å²) < 4.78 is 16.8. The van der Waals surface area contributed by atoms with Crippen LogP contribution in [0.5, 0.6) is 0 Å². The highest BCUT2D eigenvalue weighted by atomic mass is 16.7. The lowest BCUT2D eigenvalue weighted by molar-refractivity contribution is -0.419. The second kappa shape index (κ2) is 5.88. The van der Waals surface area contributed by atoms with Gasteiger partial charge in [-0.25, -0.2) is 0 Å². The minimum absolute atomic E-state index is 0.0299. The Morgan fingerprint density at radius 2 is 1.45 bits per heavy atom. The summed E-state index contributed by atoms with van der Waals surface area (Å²) in [6.07, 6.45) is -5.21. The first kappa shape index (κ1) is 20.9. The largest absolute Gasteiger partial charge is 0.381 e. The maximum absolute atomic E-state index is 11.6. The third-order valence-corrected chi connectivity index (χ3v) is 7.76. The molecule has 4 rings (SSSR count). The summed E-state index contributed by atoms with van der Waals surface area (Å²) in [5, 5.41) is 43.5. The molecule has 164 valence electrons. The van der Waals surface area contributed by atoms with Gasteiger partial charge in [-0.2, -0.15) is 0 Å². The summed E-state index contributed by atoms with van der Waals surface area (Å²) in [6, 6.07) is 0. The van der Waals surface area contributed by atoms with Gasteiger partial charge in [0.25, 0.3) is 0 Å². The maximum Gasteiger partial charge on any atom is 0.224 e. The number of fused-ring (bicyclic) bond motifs is 3. The van der Waals surface area contributed by atoms with E-state index in [9.17, 15) is 30.0 Å². The Kier molecular flexibility index (Phi) is 4.24. The van der Waals surface area contributed by atoms with Crippen molar-refractivity contribution in [2.45, 2.75) is 75.4 Å². The van der Waals surface area contributed by atoms with E-state index in [2.05, 4.69) is 0 Å². The number of nitrogens with two attached hydrogens (primary N) is 2. The van der Waals surface area contributed by atoms with E-state index >= 15 is 0 Å². The van der Waals surface area contributed by atoms with Crippen LogP contribution in [0, 0.1) is 23.2 Å². The Labute approximate surface area is 166 Å². The minimum atomic E-state index is -2.20. The lowest BCUT2D eigenvalue weighted by Crippen LogP contribution is -2.67. The number of carbonyl (C=O) groups is 2. The third kappa shape index (κ3) is 2.26. The van der Waals surface area contributed by atoms with Crippen molar-refractivity contribution in [2.24, 2.45) is 34.6 Å².